The lowest BCUT2D eigenvalue weighted by Crippen LogP contribution is -2.15. The maximum atomic E-state index is 13.3. The van der Waals surface area contributed by atoms with Crippen LogP contribution in [-0.2, 0) is 16.6 Å². The van der Waals surface area contributed by atoms with Crippen molar-refractivity contribution in [3.05, 3.63) is 54.4 Å². The number of halogens is 1. The van der Waals surface area contributed by atoms with Crippen molar-refractivity contribution in [1.29, 1.82) is 0 Å². The number of furan rings is 1. The van der Waals surface area contributed by atoms with E-state index in [2.05, 4.69) is 20.0 Å². The van der Waals surface area contributed by atoms with Gasteiger partial charge in [-0.2, -0.15) is 5.10 Å². The summed E-state index contributed by atoms with van der Waals surface area (Å²) in [6.45, 7) is 0.135. The summed E-state index contributed by atoms with van der Waals surface area (Å²) in [5.41, 5.74) is 0.786. The minimum absolute atomic E-state index is 0.0669. The largest absolute Gasteiger partial charge is 0.495 e. The number of rotatable bonds is 7. The van der Waals surface area contributed by atoms with Crippen LogP contribution in [-0.4, -0.2) is 42.6 Å². The van der Waals surface area contributed by atoms with Crippen molar-refractivity contribution in [2.75, 3.05) is 18.9 Å². The van der Waals surface area contributed by atoms with Gasteiger partial charge >= 0.3 is 0 Å². The van der Waals surface area contributed by atoms with E-state index in [-0.39, 0.29) is 45.4 Å². The highest BCUT2D eigenvalue weighted by Crippen LogP contribution is 2.37. The van der Waals surface area contributed by atoms with Crippen LogP contribution in [0.3, 0.4) is 0 Å². The fourth-order valence-corrected chi connectivity index (χ4v) is 4.77. The van der Waals surface area contributed by atoms with Crippen molar-refractivity contribution in [3.8, 4) is 11.6 Å². The molecular weight excluding hydrogens is 457 g/mol. The predicted octanol–water partition coefficient (Wildman–Crippen LogP) is 3.17. The lowest BCUT2D eigenvalue weighted by Gasteiger charge is -2.11. The van der Waals surface area contributed by atoms with Gasteiger partial charge in [0.25, 0.3) is 10.0 Å². The van der Waals surface area contributed by atoms with Crippen molar-refractivity contribution in [1.82, 2.24) is 19.9 Å². The molecule has 1 aromatic carbocycles. The van der Waals surface area contributed by atoms with E-state index in [1.165, 1.54) is 43.5 Å². The summed E-state index contributed by atoms with van der Waals surface area (Å²) in [5, 5.41) is 8.52. The summed E-state index contributed by atoms with van der Waals surface area (Å²) in [5.74, 6) is -0.452. The third kappa shape index (κ3) is 3.61. The molecule has 33 heavy (non-hydrogen) atoms. The fourth-order valence-electron chi connectivity index (χ4n) is 3.45. The van der Waals surface area contributed by atoms with E-state index in [1.54, 1.807) is 12.1 Å². The van der Waals surface area contributed by atoms with Crippen molar-refractivity contribution in [2.24, 2.45) is 0 Å². The maximum absolute atomic E-state index is 13.3. The molecule has 0 amide bonds. The van der Waals surface area contributed by atoms with Crippen LogP contribution in [0.25, 0.3) is 21.9 Å². The van der Waals surface area contributed by atoms with E-state index < -0.39 is 15.8 Å². The van der Waals surface area contributed by atoms with Crippen molar-refractivity contribution in [2.45, 2.75) is 11.4 Å². The van der Waals surface area contributed by atoms with E-state index in [1.807, 2.05) is 0 Å². The molecule has 0 radical (unpaired) electrons. The zero-order valence-electron chi connectivity index (χ0n) is 17.3. The summed E-state index contributed by atoms with van der Waals surface area (Å²) in [6.07, 6.45) is 3.67. The molecule has 0 aliphatic carbocycles. The molecule has 11 nitrogen and oxygen atoms in total. The molecule has 0 spiro atoms. The Morgan fingerprint density at radius 2 is 2.06 bits per heavy atom. The molecule has 5 rings (SSSR count). The van der Waals surface area contributed by atoms with Gasteiger partial charge < -0.3 is 18.4 Å². The van der Waals surface area contributed by atoms with Crippen LogP contribution in [0.15, 0.2) is 56.8 Å². The number of methoxy groups -OCH3 is 2. The number of sulfonamides is 1. The molecule has 5 aromatic rings. The third-order valence-corrected chi connectivity index (χ3v) is 6.24. The lowest BCUT2D eigenvalue weighted by molar-refractivity contribution is 0.400. The number of aromatic nitrogens is 4. The Balaban J connectivity index is 1.56. The van der Waals surface area contributed by atoms with Gasteiger partial charge in [0, 0.05) is 11.5 Å². The average Bonchev–Trinajstić information content (AvgIpc) is 3.52. The summed E-state index contributed by atoms with van der Waals surface area (Å²) < 4.78 is 64.9. The number of anilines is 1. The van der Waals surface area contributed by atoms with Gasteiger partial charge in [-0.25, -0.2) is 17.8 Å². The second kappa shape index (κ2) is 7.78. The van der Waals surface area contributed by atoms with Crippen LogP contribution in [0.2, 0.25) is 0 Å². The number of hydrogen-bond donors (Lipinski definition) is 1. The molecule has 0 unspecified atom stereocenters. The molecular formula is C20H16FN5O6S. The highest BCUT2D eigenvalue weighted by molar-refractivity contribution is 7.93. The minimum atomic E-state index is -4.23. The molecule has 13 heteroatoms. The van der Waals surface area contributed by atoms with Gasteiger partial charge in [-0.15, -0.1) is 0 Å². The average molecular weight is 473 g/mol. The van der Waals surface area contributed by atoms with Gasteiger partial charge in [0.2, 0.25) is 5.88 Å². The molecule has 1 N–H and O–H groups in total. The summed E-state index contributed by atoms with van der Waals surface area (Å²) in [4.78, 5) is 4.16. The first-order valence-corrected chi connectivity index (χ1v) is 11.0. The Kier molecular flexibility index (Phi) is 4.89. The van der Waals surface area contributed by atoms with E-state index >= 15 is 0 Å². The van der Waals surface area contributed by atoms with E-state index in [4.69, 9.17) is 18.4 Å². The molecule has 0 aliphatic heterocycles. The summed E-state index contributed by atoms with van der Waals surface area (Å²) >= 11 is 0. The summed E-state index contributed by atoms with van der Waals surface area (Å²) in [6, 6.07) is 6.39. The molecule has 0 saturated heterocycles. The van der Waals surface area contributed by atoms with Crippen LogP contribution in [0, 0.1) is 5.82 Å². The van der Waals surface area contributed by atoms with Crippen LogP contribution in [0.4, 0.5) is 10.2 Å². The minimum Gasteiger partial charge on any atom is -0.495 e. The zero-order valence-corrected chi connectivity index (χ0v) is 18.1. The third-order valence-electron chi connectivity index (χ3n) is 4.85. The Labute approximate surface area is 185 Å². The molecule has 0 fully saturated rings. The molecule has 0 bridgehead atoms. The molecule has 4 aromatic heterocycles. The van der Waals surface area contributed by atoms with Gasteiger partial charge in [0.15, 0.2) is 27.7 Å². The van der Waals surface area contributed by atoms with E-state index in [0.29, 0.717) is 11.1 Å². The normalized spacial score (nSPS) is 11.8. The monoisotopic (exact) mass is 473 g/mol. The number of nitrogens with one attached hydrogen (secondary N) is 1. The number of ether oxygens (including phenoxy) is 2. The van der Waals surface area contributed by atoms with Crippen LogP contribution in [0.1, 0.15) is 5.69 Å². The van der Waals surface area contributed by atoms with Gasteiger partial charge in [-0.3, -0.25) is 9.40 Å². The molecule has 0 atom stereocenters. The van der Waals surface area contributed by atoms with Gasteiger partial charge in [0.1, 0.15) is 11.1 Å². The van der Waals surface area contributed by atoms with Gasteiger partial charge in [0.05, 0.1) is 45.1 Å². The Bertz CT molecular complexity index is 1590. The number of hydrogen-bond acceptors (Lipinski definition) is 9. The van der Waals surface area contributed by atoms with E-state index in [9.17, 15) is 12.8 Å². The predicted molar refractivity (Wildman–Crippen MR) is 113 cm³/mol. The first kappa shape index (κ1) is 20.8. The SMILES string of the molecule is COc1ccc2ccoc2c1S(=O)(=O)Nc1noc2cc(Cn3cc(F)cn3)nc(OC)c12. The summed E-state index contributed by atoms with van der Waals surface area (Å²) in [7, 11) is -1.50. The molecule has 170 valence electrons. The number of benzene rings is 1. The second-order valence-corrected chi connectivity index (χ2v) is 8.54. The Hall–Kier alpha value is -4.13. The zero-order chi connectivity index (χ0) is 23.2. The van der Waals surface area contributed by atoms with Crippen molar-refractivity contribution >= 4 is 37.8 Å². The first-order chi connectivity index (χ1) is 15.9. The lowest BCUT2D eigenvalue weighted by atomic mass is 10.2. The van der Waals surface area contributed by atoms with Crippen LogP contribution < -0.4 is 14.2 Å². The molecule has 0 saturated carbocycles. The number of pyridine rings is 1. The quantitative estimate of drug-likeness (QED) is 0.378. The number of nitrogens with zero attached hydrogens (tertiary/aromatic N) is 4. The van der Waals surface area contributed by atoms with Crippen molar-refractivity contribution in [3.63, 3.8) is 0 Å². The molecule has 4 heterocycles. The molecule has 0 aliphatic rings. The van der Waals surface area contributed by atoms with E-state index in [0.717, 1.165) is 6.20 Å². The fraction of sp³-hybridized carbons (Fsp3) is 0.150. The maximum Gasteiger partial charge on any atom is 0.270 e. The number of fused-ring (bicyclic) bond motifs is 2. The Morgan fingerprint density at radius 3 is 2.79 bits per heavy atom. The standard InChI is InChI=1S/C20H16FN5O6S/c1-29-14-4-3-11-5-6-31-17(11)18(14)33(27,28)25-19-16-15(32-24-19)7-13(23-20(16)30-2)10-26-9-12(21)8-22-26/h3-9H,10H2,1-2H3,(H,24,25). The van der Waals surface area contributed by atoms with Gasteiger partial charge in [-0.1, -0.05) is 5.16 Å². The van der Waals surface area contributed by atoms with Crippen molar-refractivity contribution < 1.29 is 31.2 Å². The smallest absolute Gasteiger partial charge is 0.270 e. The first-order valence-electron chi connectivity index (χ1n) is 9.48. The highest BCUT2D eigenvalue weighted by atomic mass is 32.2. The second-order valence-electron chi connectivity index (χ2n) is 6.92. The van der Waals surface area contributed by atoms with Gasteiger partial charge in [-0.05, 0) is 18.2 Å². The Morgan fingerprint density at radius 1 is 1.21 bits per heavy atom. The van der Waals surface area contributed by atoms with Crippen LogP contribution >= 0.6 is 0 Å². The topological polar surface area (TPSA) is 135 Å². The highest BCUT2D eigenvalue weighted by Gasteiger charge is 2.28. The van der Waals surface area contributed by atoms with Crippen LogP contribution in [0.5, 0.6) is 11.6 Å².